The van der Waals surface area contributed by atoms with E-state index >= 15 is 0 Å². The Hall–Kier alpha value is -2.03. The van der Waals surface area contributed by atoms with Crippen molar-refractivity contribution in [3.63, 3.8) is 0 Å². The molecule has 0 heterocycles. The van der Waals surface area contributed by atoms with Crippen molar-refractivity contribution in [1.29, 1.82) is 0 Å². The monoisotopic (exact) mass is 231 g/mol. The number of benzene rings is 2. The van der Waals surface area contributed by atoms with Gasteiger partial charge in [0.25, 0.3) is 0 Å². The fourth-order valence-electron chi connectivity index (χ4n) is 1.68. The van der Waals surface area contributed by atoms with Gasteiger partial charge in [0.1, 0.15) is 11.6 Å². The lowest BCUT2D eigenvalue weighted by molar-refractivity contribution is 0.340. The lowest BCUT2D eigenvalue weighted by Gasteiger charge is -2.07. The highest BCUT2D eigenvalue weighted by atomic mass is 19.1. The van der Waals surface area contributed by atoms with Crippen LogP contribution < -0.4 is 10.5 Å². The van der Waals surface area contributed by atoms with E-state index in [9.17, 15) is 4.39 Å². The summed E-state index contributed by atoms with van der Waals surface area (Å²) in [5, 5.41) is 0. The average molecular weight is 231 g/mol. The Balaban J connectivity index is 2.45. The minimum absolute atomic E-state index is 0.284. The number of nitrogens with two attached hydrogens (primary N) is 1. The predicted molar refractivity (Wildman–Crippen MR) is 67.4 cm³/mol. The van der Waals surface area contributed by atoms with E-state index < -0.39 is 0 Å². The van der Waals surface area contributed by atoms with Gasteiger partial charge in [0.2, 0.25) is 0 Å². The third-order valence-corrected chi connectivity index (χ3v) is 2.45. The van der Waals surface area contributed by atoms with E-state index in [0.29, 0.717) is 17.9 Å². The van der Waals surface area contributed by atoms with Gasteiger partial charge in [0.05, 0.1) is 6.61 Å². The first-order valence-electron chi connectivity index (χ1n) is 5.49. The van der Waals surface area contributed by atoms with Crippen molar-refractivity contribution < 1.29 is 9.13 Å². The molecule has 2 aromatic carbocycles. The van der Waals surface area contributed by atoms with Crippen LogP contribution >= 0.6 is 0 Å². The van der Waals surface area contributed by atoms with Crippen molar-refractivity contribution in [1.82, 2.24) is 0 Å². The second-order valence-corrected chi connectivity index (χ2v) is 3.70. The number of hydrogen-bond donors (Lipinski definition) is 1. The van der Waals surface area contributed by atoms with Crippen molar-refractivity contribution in [2.75, 3.05) is 12.3 Å². The molecular weight excluding hydrogens is 217 g/mol. The van der Waals surface area contributed by atoms with Gasteiger partial charge in [-0.15, -0.1) is 0 Å². The minimum Gasteiger partial charge on any atom is -0.494 e. The van der Waals surface area contributed by atoms with Crippen LogP contribution in [0, 0.1) is 5.82 Å². The molecule has 0 fully saturated rings. The highest BCUT2D eigenvalue weighted by molar-refractivity contribution is 5.69. The predicted octanol–water partition coefficient (Wildman–Crippen LogP) is 3.47. The molecule has 0 unspecified atom stereocenters. The second kappa shape index (κ2) is 4.87. The lowest BCUT2D eigenvalue weighted by Crippen LogP contribution is -1.93. The maximum absolute atomic E-state index is 13.7. The number of ether oxygens (including phenoxy) is 1. The number of nitrogen functional groups attached to an aromatic ring is 1. The van der Waals surface area contributed by atoms with Gasteiger partial charge in [-0.05, 0) is 42.8 Å². The van der Waals surface area contributed by atoms with Gasteiger partial charge in [-0.1, -0.05) is 12.1 Å². The van der Waals surface area contributed by atoms with Crippen molar-refractivity contribution >= 4 is 5.69 Å². The van der Waals surface area contributed by atoms with Crippen molar-refractivity contribution in [2.45, 2.75) is 6.92 Å². The molecule has 0 spiro atoms. The van der Waals surface area contributed by atoms with E-state index in [1.165, 1.54) is 6.07 Å². The fraction of sp³-hybridized carbons (Fsp3) is 0.143. The molecule has 0 aliphatic carbocycles. The molecule has 0 saturated carbocycles. The maximum Gasteiger partial charge on any atom is 0.131 e. The quantitative estimate of drug-likeness (QED) is 0.821. The highest BCUT2D eigenvalue weighted by Gasteiger charge is 2.06. The maximum atomic E-state index is 13.7. The number of anilines is 1. The third kappa shape index (κ3) is 2.56. The smallest absolute Gasteiger partial charge is 0.131 e. The molecule has 0 aromatic heterocycles. The van der Waals surface area contributed by atoms with Gasteiger partial charge in [-0.2, -0.15) is 0 Å². The molecule has 17 heavy (non-hydrogen) atoms. The number of rotatable bonds is 3. The summed E-state index contributed by atoms with van der Waals surface area (Å²) in [5.41, 5.74) is 7.47. The van der Waals surface area contributed by atoms with E-state index in [1.807, 2.05) is 25.1 Å². The first-order chi connectivity index (χ1) is 8.20. The van der Waals surface area contributed by atoms with Gasteiger partial charge >= 0.3 is 0 Å². The zero-order valence-corrected chi connectivity index (χ0v) is 9.61. The van der Waals surface area contributed by atoms with Gasteiger partial charge in [-0.3, -0.25) is 0 Å². The van der Waals surface area contributed by atoms with Crippen LogP contribution in [-0.4, -0.2) is 6.61 Å². The summed E-state index contributed by atoms with van der Waals surface area (Å²) < 4.78 is 19.1. The molecule has 0 radical (unpaired) electrons. The SMILES string of the molecule is CCOc1cccc(-c2cc(N)ccc2F)c1. The summed E-state index contributed by atoms with van der Waals surface area (Å²) in [5.74, 6) is 0.444. The topological polar surface area (TPSA) is 35.2 Å². The molecule has 0 saturated heterocycles. The highest BCUT2D eigenvalue weighted by Crippen LogP contribution is 2.27. The van der Waals surface area contributed by atoms with Crippen LogP contribution in [0.5, 0.6) is 5.75 Å². The number of halogens is 1. The molecule has 88 valence electrons. The van der Waals surface area contributed by atoms with E-state index in [0.717, 1.165) is 11.3 Å². The van der Waals surface area contributed by atoms with Crippen molar-refractivity contribution in [3.05, 3.63) is 48.3 Å². The Labute approximate surface area is 99.8 Å². The molecule has 0 bridgehead atoms. The van der Waals surface area contributed by atoms with E-state index in [1.54, 1.807) is 18.2 Å². The summed E-state index contributed by atoms with van der Waals surface area (Å²) in [6.45, 7) is 2.50. The largest absolute Gasteiger partial charge is 0.494 e. The lowest BCUT2D eigenvalue weighted by atomic mass is 10.0. The third-order valence-electron chi connectivity index (χ3n) is 2.45. The van der Waals surface area contributed by atoms with Crippen LogP contribution in [0.1, 0.15) is 6.92 Å². The number of hydrogen-bond acceptors (Lipinski definition) is 2. The van der Waals surface area contributed by atoms with Gasteiger partial charge in [-0.25, -0.2) is 4.39 Å². The molecule has 2 nitrogen and oxygen atoms in total. The zero-order valence-electron chi connectivity index (χ0n) is 9.61. The molecule has 2 N–H and O–H groups in total. The molecule has 0 aliphatic rings. The molecular formula is C14H14FNO. The normalized spacial score (nSPS) is 10.2. The summed E-state index contributed by atoms with van der Waals surface area (Å²) >= 11 is 0. The molecule has 2 rings (SSSR count). The Morgan fingerprint density at radius 2 is 2.00 bits per heavy atom. The molecule has 0 aliphatic heterocycles. The van der Waals surface area contributed by atoms with Crippen LogP contribution in [0.4, 0.5) is 10.1 Å². The summed E-state index contributed by atoms with van der Waals surface area (Å²) in [4.78, 5) is 0. The van der Waals surface area contributed by atoms with E-state index in [2.05, 4.69) is 0 Å². The average Bonchev–Trinajstić information content (AvgIpc) is 2.33. The second-order valence-electron chi connectivity index (χ2n) is 3.70. The Bertz CT molecular complexity index is 525. The van der Waals surface area contributed by atoms with Gasteiger partial charge < -0.3 is 10.5 Å². The minimum atomic E-state index is -0.284. The molecule has 0 amide bonds. The van der Waals surface area contributed by atoms with Crippen molar-refractivity contribution in [2.24, 2.45) is 0 Å². The first kappa shape index (κ1) is 11.5. The Morgan fingerprint density at radius 3 is 2.76 bits per heavy atom. The van der Waals surface area contributed by atoms with Crippen LogP contribution in [-0.2, 0) is 0 Å². The summed E-state index contributed by atoms with van der Waals surface area (Å²) in [6, 6.07) is 11.9. The fourth-order valence-corrected chi connectivity index (χ4v) is 1.68. The van der Waals surface area contributed by atoms with E-state index in [-0.39, 0.29) is 5.82 Å². The summed E-state index contributed by atoms with van der Waals surface area (Å²) in [7, 11) is 0. The van der Waals surface area contributed by atoms with Gasteiger partial charge in [0.15, 0.2) is 0 Å². The van der Waals surface area contributed by atoms with Crippen LogP contribution in [0.25, 0.3) is 11.1 Å². The summed E-state index contributed by atoms with van der Waals surface area (Å²) in [6.07, 6.45) is 0. The Morgan fingerprint density at radius 1 is 1.18 bits per heavy atom. The van der Waals surface area contributed by atoms with Crippen LogP contribution in [0.3, 0.4) is 0 Å². The molecule has 3 heteroatoms. The van der Waals surface area contributed by atoms with E-state index in [4.69, 9.17) is 10.5 Å². The van der Waals surface area contributed by atoms with Crippen molar-refractivity contribution in [3.8, 4) is 16.9 Å². The standard InChI is InChI=1S/C14H14FNO/c1-2-17-12-5-3-4-10(8-12)13-9-11(16)6-7-14(13)15/h3-9H,2,16H2,1H3. The van der Waals surface area contributed by atoms with Gasteiger partial charge in [0, 0.05) is 11.3 Å². The first-order valence-corrected chi connectivity index (χ1v) is 5.49. The zero-order chi connectivity index (χ0) is 12.3. The molecule has 0 atom stereocenters. The van der Waals surface area contributed by atoms with Crippen LogP contribution in [0.15, 0.2) is 42.5 Å². The Kier molecular flexibility index (Phi) is 3.28. The van der Waals surface area contributed by atoms with Crippen LogP contribution in [0.2, 0.25) is 0 Å². The molecule has 2 aromatic rings.